The molecule has 1 aliphatic rings. The maximum atomic E-state index is 11.6. The molecule has 8 nitrogen and oxygen atoms in total. The Morgan fingerprint density at radius 1 is 1.47 bits per heavy atom. The summed E-state index contributed by atoms with van der Waals surface area (Å²) in [5.74, 6) is -0.275. The quantitative estimate of drug-likeness (QED) is 0.511. The smallest absolute Gasteiger partial charge is 0.342 e. The summed E-state index contributed by atoms with van der Waals surface area (Å²) < 4.78 is 0. The first-order chi connectivity index (χ1) is 8.06. The first kappa shape index (κ1) is 11.4. The van der Waals surface area contributed by atoms with Crippen LogP contribution in [0.3, 0.4) is 0 Å². The third-order valence-electron chi connectivity index (χ3n) is 2.38. The van der Waals surface area contributed by atoms with Gasteiger partial charge in [0.25, 0.3) is 5.56 Å². The summed E-state index contributed by atoms with van der Waals surface area (Å²) in [5, 5.41) is 11.0. The lowest BCUT2D eigenvalue weighted by Crippen LogP contribution is -2.40. The number of H-pyrrole nitrogens is 2. The molecule has 2 rings (SSSR count). The third kappa shape index (κ3) is 2.92. The molecule has 0 aliphatic heterocycles. The molecule has 1 aliphatic carbocycles. The van der Waals surface area contributed by atoms with E-state index in [-0.39, 0.29) is 17.8 Å². The lowest BCUT2D eigenvalue weighted by atomic mass is 10.3. The minimum absolute atomic E-state index is 0.0805. The minimum atomic E-state index is -0.685. The molecule has 1 aromatic heterocycles. The molecule has 4 N–H and O–H groups in total. The highest BCUT2D eigenvalue weighted by atomic mass is 16.2. The molecule has 1 atom stereocenters. The van der Waals surface area contributed by atoms with Crippen molar-refractivity contribution in [2.45, 2.75) is 31.8 Å². The van der Waals surface area contributed by atoms with Crippen LogP contribution < -0.4 is 21.9 Å². The summed E-state index contributed by atoms with van der Waals surface area (Å²) in [5.41, 5.74) is -1.34. The average Bonchev–Trinajstić information content (AvgIpc) is 3.06. The molecular weight excluding hydrogens is 226 g/mol. The summed E-state index contributed by atoms with van der Waals surface area (Å²) >= 11 is 0. The van der Waals surface area contributed by atoms with Gasteiger partial charge in [-0.05, 0) is 19.8 Å². The van der Waals surface area contributed by atoms with Crippen LogP contribution in [0.2, 0.25) is 0 Å². The fourth-order valence-corrected chi connectivity index (χ4v) is 1.27. The molecule has 0 radical (unpaired) electrons. The number of nitrogens with zero attached hydrogens (tertiary/aromatic N) is 1. The van der Waals surface area contributed by atoms with E-state index in [1.165, 1.54) is 0 Å². The Bertz CT molecular complexity index is 530. The maximum absolute atomic E-state index is 11.6. The van der Waals surface area contributed by atoms with Crippen LogP contribution in [0.5, 0.6) is 0 Å². The van der Waals surface area contributed by atoms with Gasteiger partial charge in [-0.3, -0.25) is 14.6 Å². The maximum Gasteiger partial charge on any atom is 0.342 e. The van der Waals surface area contributed by atoms with Gasteiger partial charge in [-0.15, -0.1) is 5.10 Å². The number of rotatable bonds is 4. The number of amides is 1. The summed E-state index contributed by atoms with van der Waals surface area (Å²) in [4.78, 5) is 35.6. The van der Waals surface area contributed by atoms with Gasteiger partial charge in [0.05, 0.1) is 0 Å². The number of hydrogen-bond acceptors (Lipinski definition) is 5. The first-order valence-electron chi connectivity index (χ1n) is 5.32. The molecule has 92 valence electrons. The zero-order chi connectivity index (χ0) is 12.4. The van der Waals surface area contributed by atoms with Gasteiger partial charge in [0.2, 0.25) is 11.7 Å². The number of nitrogens with one attached hydrogen (secondary N) is 4. The van der Waals surface area contributed by atoms with E-state index in [2.05, 4.69) is 20.8 Å². The first-order valence-corrected chi connectivity index (χ1v) is 5.32. The molecule has 0 spiro atoms. The summed E-state index contributed by atoms with van der Waals surface area (Å²) in [7, 11) is 0. The summed E-state index contributed by atoms with van der Waals surface area (Å²) in [6.45, 7) is 1.62. The molecule has 1 amide bonds. The molecule has 0 bridgehead atoms. The lowest BCUT2D eigenvalue weighted by Gasteiger charge is -2.12. The second kappa shape index (κ2) is 4.40. The Morgan fingerprint density at radius 3 is 2.76 bits per heavy atom. The SMILES string of the molecule is CC(Nc1n[nH]c(=O)[nH]c1=O)C(=O)NC1CC1. The van der Waals surface area contributed by atoms with Gasteiger partial charge in [-0.1, -0.05) is 0 Å². The van der Waals surface area contributed by atoms with E-state index in [9.17, 15) is 14.4 Å². The normalized spacial score (nSPS) is 16.3. The van der Waals surface area contributed by atoms with Gasteiger partial charge in [0.1, 0.15) is 6.04 Å². The van der Waals surface area contributed by atoms with E-state index in [4.69, 9.17) is 0 Å². The predicted molar refractivity (Wildman–Crippen MR) is 59.7 cm³/mol. The van der Waals surface area contributed by atoms with Gasteiger partial charge in [-0.2, -0.15) is 0 Å². The Balaban J connectivity index is 2.01. The lowest BCUT2D eigenvalue weighted by molar-refractivity contribution is -0.121. The van der Waals surface area contributed by atoms with Crippen LogP contribution in [0.25, 0.3) is 0 Å². The molecular formula is C9H13N5O3. The van der Waals surface area contributed by atoms with E-state index in [1.807, 2.05) is 4.98 Å². The highest BCUT2D eigenvalue weighted by Crippen LogP contribution is 2.18. The van der Waals surface area contributed by atoms with Crippen molar-refractivity contribution in [3.8, 4) is 0 Å². The van der Waals surface area contributed by atoms with Crippen molar-refractivity contribution in [1.29, 1.82) is 0 Å². The van der Waals surface area contributed by atoms with Gasteiger partial charge in [-0.25, -0.2) is 9.89 Å². The second-order valence-electron chi connectivity index (χ2n) is 4.00. The van der Waals surface area contributed by atoms with Crippen molar-refractivity contribution >= 4 is 11.7 Å². The predicted octanol–water partition coefficient (Wildman–Crippen LogP) is -1.46. The number of aromatic amines is 2. The van der Waals surface area contributed by atoms with E-state index in [0.29, 0.717) is 0 Å². The molecule has 0 saturated heterocycles. The van der Waals surface area contributed by atoms with Crippen LogP contribution in [0.15, 0.2) is 9.59 Å². The van der Waals surface area contributed by atoms with E-state index in [1.54, 1.807) is 6.92 Å². The fourth-order valence-electron chi connectivity index (χ4n) is 1.27. The van der Waals surface area contributed by atoms with Crippen molar-refractivity contribution in [2.75, 3.05) is 5.32 Å². The van der Waals surface area contributed by atoms with E-state index >= 15 is 0 Å². The number of carbonyl (C=O) groups is 1. The van der Waals surface area contributed by atoms with Crippen LogP contribution in [-0.4, -0.2) is 33.2 Å². The molecule has 1 unspecified atom stereocenters. The zero-order valence-corrected chi connectivity index (χ0v) is 9.24. The van der Waals surface area contributed by atoms with Crippen molar-refractivity contribution in [1.82, 2.24) is 20.5 Å². The largest absolute Gasteiger partial charge is 0.353 e. The molecule has 1 aromatic rings. The zero-order valence-electron chi connectivity index (χ0n) is 9.24. The van der Waals surface area contributed by atoms with Gasteiger partial charge < -0.3 is 10.6 Å². The Morgan fingerprint density at radius 2 is 2.18 bits per heavy atom. The van der Waals surface area contributed by atoms with Crippen LogP contribution in [-0.2, 0) is 4.79 Å². The van der Waals surface area contributed by atoms with E-state index in [0.717, 1.165) is 12.8 Å². The second-order valence-corrected chi connectivity index (χ2v) is 4.00. The topological polar surface area (TPSA) is 120 Å². The summed E-state index contributed by atoms with van der Waals surface area (Å²) in [6, 6.07) is -0.330. The van der Waals surface area contributed by atoms with Crippen LogP contribution in [0, 0.1) is 0 Å². The number of anilines is 1. The van der Waals surface area contributed by atoms with Crippen molar-refractivity contribution in [3.63, 3.8) is 0 Å². The van der Waals surface area contributed by atoms with Gasteiger partial charge in [0.15, 0.2) is 0 Å². The molecule has 8 heteroatoms. The molecule has 17 heavy (non-hydrogen) atoms. The summed E-state index contributed by atoms with van der Waals surface area (Å²) in [6.07, 6.45) is 1.99. The Hall–Kier alpha value is -2.12. The number of hydrogen-bond donors (Lipinski definition) is 4. The van der Waals surface area contributed by atoms with Gasteiger partial charge in [0, 0.05) is 6.04 Å². The van der Waals surface area contributed by atoms with Gasteiger partial charge >= 0.3 is 5.69 Å². The van der Waals surface area contributed by atoms with Crippen LogP contribution in [0.1, 0.15) is 19.8 Å². The third-order valence-corrected chi connectivity index (χ3v) is 2.38. The Kier molecular flexibility index (Phi) is 2.94. The highest BCUT2D eigenvalue weighted by Gasteiger charge is 2.25. The van der Waals surface area contributed by atoms with Crippen LogP contribution in [0.4, 0.5) is 5.82 Å². The van der Waals surface area contributed by atoms with Crippen molar-refractivity contribution < 1.29 is 4.79 Å². The molecule has 0 aromatic carbocycles. The monoisotopic (exact) mass is 239 g/mol. The Labute approximate surface area is 95.8 Å². The standard InChI is InChI=1S/C9H13N5O3/c1-4(7(15)11-5-2-3-5)10-6-8(16)12-9(17)14-13-6/h4-5H,2-3H2,1H3,(H,10,13)(H,11,15)(H2,12,14,16,17). The fraction of sp³-hybridized carbons (Fsp3) is 0.556. The molecule has 1 saturated carbocycles. The highest BCUT2D eigenvalue weighted by molar-refractivity contribution is 5.84. The average molecular weight is 239 g/mol. The van der Waals surface area contributed by atoms with Crippen molar-refractivity contribution in [3.05, 3.63) is 20.8 Å². The minimum Gasteiger partial charge on any atom is -0.353 e. The molecule has 1 heterocycles. The van der Waals surface area contributed by atoms with E-state index < -0.39 is 17.3 Å². The van der Waals surface area contributed by atoms with Crippen LogP contribution >= 0.6 is 0 Å². The number of aromatic nitrogens is 3. The van der Waals surface area contributed by atoms with Crippen molar-refractivity contribution in [2.24, 2.45) is 0 Å². The molecule has 1 fully saturated rings. The number of carbonyl (C=O) groups excluding carboxylic acids is 1.